The molecule has 1 aromatic heterocycles. The molecular formula is C9H6F4INO3. The van der Waals surface area contributed by atoms with Gasteiger partial charge in [0.25, 0.3) is 0 Å². The third-order valence-electron chi connectivity index (χ3n) is 1.77. The number of pyridine rings is 1. The first-order valence-corrected chi connectivity index (χ1v) is 5.45. The van der Waals surface area contributed by atoms with Crippen molar-refractivity contribution in [3.05, 3.63) is 20.9 Å². The first-order valence-electron chi connectivity index (χ1n) is 4.38. The lowest BCUT2D eigenvalue weighted by Gasteiger charge is -2.12. The summed E-state index contributed by atoms with van der Waals surface area (Å²) in [5, 5.41) is 0. The van der Waals surface area contributed by atoms with Gasteiger partial charge < -0.3 is 9.47 Å². The van der Waals surface area contributed by atoms with Gasteiger partial charge in [0.15, 0.2) is 0 Å². The molecule has 1 rings (SSSR count). The summed E-state index contributed by atoms with van der Waals surface area (Å²) in [6.45, 7) is -1.21. The fraction of sp³-hybridized carbons (Fsp3) is 0.333. The Morgan fingerprint density at radius 2 is 2.11 bits per heavy atom. The van der Waals surface area contributed by atoms with Crippen molar-refractivity contribution in [1.29, 1.82) is 0 Å². The minimum atomic E-state index is -4.94. The highest BCUT2D eigenvalue weighted by atomic mass is 127. The zero-order valence-corrected chi connectivity index (χ0v) is 11.0. The molecule has 0 amide bonds. The number of carbonyl (C=O) groups excluding carboxylic acids is 1. The van der Waals surface area contributed by atoms with Crippen molar-refractivity contribution in [1.82, 2.24) is 4.98 Å². The molecule has 4 nitrogen and oxygen atoms in total. The summed E-state index contributed by atoms with van der Waals surface area (Å²) in [6.07, 6.45) is -4.94. The summed E-state index contributed by atoms with van der Waals surface area (Å²) in [5.41, 5.74) is -0.708. The van der Waals surface area contributed by atoms with Gasteiger partial charge in [-0.05, 0) is 28.7 Å². The number of nitrogens with zero attached hydrogens (tertiary/aromatic N) is 1. The lowest BCUT2D eigenvalue weighted by Crippen LogP contribution is -2.20. The van der Waals surface area contributed by atoms with Crippen molar-refractivity contribution in [3.8, 4) is 5.88 Å². The van der Waals surface area contributed by atoms with Gasteiger partial charge in [0.05, 0.1) is 21.9 Å². The Kier molecular flexibility index (Phi) is 4.71. The Morgan fingerprint density at radius 1 is 1.50 bits per heavy atom. The lowest BCUT2D eigenvalue weighted by atomic mass is 10.2. The van der Waals surface area contributed by atoms with Crippen molar-refractivity contribution in [2.75, 3.05) is 7.11 Å². The van der Waals surface area contributed by atoms with E-state index >= 15 is 0 Å². The van der Waals surface area contributed by atoms with Crippen molar-refractivity contribution in [2.24, 2.45) is 0 Å². The molecule has 0 fully saturated rings. The van der Waals surface area contributed by atoms with Gasteiger partial charge in [0.1, 0.15) is 6.67 Å². The summed E-state index contributed by atoms with van der Waals surface area (Å²) in [4.78, 5) is 14.6. The topological polar surface area (TPSA) is 48.4 Å². The Labute approximate surface area is 112 Å². The van der Waals surface area contributed by atoms with Crippen LogP contribution in [0, 0.1) is 3.57 Å². The second-order valence-electron chi connectivity index (χ2n) is 2.94. The first kappa shape index (κ1) is 14.9. The maximum Gasteiger partial charge on any atom is 0.574 e. The summed E-state index contributed by atoms with van der Waals surface area (Å²) >= 11 is 1.49. The van der Waals surface area contributed by atoms with Crippen molar-refractivity contribution in [3.63, 3.8) is 0 Å². The predicted octanol–water partition coefficient (Wildman–Crippen LogP) is 2.84. The molecule has 0 radical (unpaired) electrons. The van der Waals surface area contributed by atoms with Crippen LogP contribution in [0.25, 0.3) is 0 Å². The summed E-state index contributed by atoms with van der Waals surface area (Å²) in [5.74, 6) is -1.69. The first-order chi connectivity index (χ1) is 8.28. The molecule has 0 N–H and O–H groups in total. The van der Waals surface area contributed by atoms with E-state index in [9.17, 15) is 22.4 Å². The highest BCUT2D eigenvalue weighted by Gasteiger charge is 2.33. The minimum Gasteiger partial charge on any atom is -0.465 e. The smallest absolute Gasteiger partial charge is 0.465 e. The van der Waals surface area contributed by atoms with Crippen LogP contribution in [-0.4, -0.2) is 24.4 Å². The number of carbonyl (C=O) groups is 1. The molecule has 0 aliphatic carbocycles. The molecule has 0 saturated heterocycles. The number of methoxy groups -OCH3 is 1. The maximum absolute atomic E-state index is 12.6. The van der Waals surface area contributed by atoms with E-state index in [0.717, 1.165) is 13.2 Å². The van der Waals surface area contributed by atoms with E-state index in [4.69, 9.17) is 0 Å². The average molecular weight is 379 g/mol. The normalized spacial score (nSPS) is 11.2. The number of rotatable bonds is 3. The number of halogens is 5. The Hall–Kier alpha value is -1.13. The number of alkyl halides is 4. The van der Waals surface area contributed by atoms with E-state index in [-0.39, 0.29) is 9.13 Å². The van der Waals surface area contributed by atoms with Crippen LogP contribution in [0.4, 0.5) is 17.6 Å². The molecule has 1 aromatic rings. The van der Waals surface area contributed by atoms with Crippen LogP contribution in [0.2, 0.25) is 0 Å². The van der Waals surface area contributed by atoms with Crippen LogP contribution < -0.4 is 4.74 Å². The fourth-order valence-electron chi connectivity index (χ4n) is 1.08. The molecule has 9 heteroatoms. The molecule has 0 spiro atoms. The lowest BCUT2D eigenvalue weighted by molar-refractivity contribution is -0.276. The van der Waals surface area contributed by atoms with Crippen LogP contribution in [0.15, 0.2) is 6.07 Å². The van der Waals surface area contributed by atoms with Gasteiger partial charge in [-0.25, -0.2) is 14.2 Å². The number of esters is 1. The number of hydrogen-bond donors (Lipinski definition) is 0. The molecule has 0 atom stereocenters. The Balaban J connectivity index is 3.22. The minimum absolute atomic E-state index is 0.0810. The SMILES string of the molecule is COC(=O)c1cc(I)c(OC(F)(F)F)nc1CF. The van der Waals surface area contributed by atoms with Crippen molar-refractivity contribution >= 4 is 28.6 Å². The molecule has 0 saturated carbocycles. The summed E-state index contributed by atoms with van der Waals surface area (Å²) in [6, 6.07) is 1.02. The number of ether oxygens (including phenoxy) is 2. The molecule has 0 unspecified atom stereocenters. The zero-order valence-electron chi connectivity index (χ0n) is 8.85. The number of aromatic nitrogens is 1. The van der Waals surface area contributed by atoms with Crippen molar-refractivity contribution in [2.45, 2.75) is 13.0 Å². The highest BCUT2D eigenvalue weighted by Crippen LogP contribution is 2.28. The van der Waals surface area contributed by atoms with Crippen LogP contribution in [0.5, 0.6) is 5.88 Å². The van der Waals surface area contributed by atoms with Gasteiger partial charge in [-0.15, -0.1) is 13.2 Å². The van der Waals surface area contributed by atoms with Gasteiger partial charge in [-0.1, -0.05) is 0 Å². The van der Waals surface area contributed by atoms with E-state index < -0.39 is 30.6 Å². The predicted molar refractivity (Wildman–Crippen MR) is 59.8 cm³/mol. The van der Waals surface area contributed by atoms with Crippen LogP contribution >= 0.6 is 22.6 Å². The Morgan fingerprint density at radius 3 is 2.56 bits per heavy atom. The molecular weight excluding hydrogens is 373 g/mol. The van der Waals surface area contributed by atoms with Crippen LogP contribution in [0.3, 0.4) is 0 Å². The van der Waals surface area contributed by atoms with E-state index in [0.29, 0.717) is 0 Å². The average Bonchev–Trinajstić information content (AvgIpc) is 2.28. The molecule has 0 aromatic carbocycles. The summed E-state index contributed by atoms with van der Waals surface area (Å²) in [7, 11) is 1.07. The van der Waals surface area contributed by atoms with Crippen LogP contribution in [0.1, 0.15) is 16.1 Å². The largest absolute Gasteiger partial charge is 0.574 e. The van der Waals surface area contributed by atoms with Gasteiger partial charge in [0, 0.05) is 0 Å². The van der Waals surface area contributed by atoms with E-state index in [1.807, 2.05) is 0 Å². The van der Waals surface area contributed by atoms with E-state index in [1.165, 1.54) is 22.6 Å². The van der Waals surface area contributed by atoms with Crippen molar-refractivity contribution < 1.29 is 31.8 Å². The highest BCUT2D eigenvalue weighted by molar-refractivity contribution is 14.1. The van der Waals surface area contributed by atoms with Gasteiger partial charge >= 0.3 is 12.3 Å². The monoisotopic (exact) mass is 379 g/mol. The molecule has 0 bridgehead atoms. The van der Waals surface area contributed by atoms with Gasteiger partial charge in [-0.3, -0.25) is 0 Å². The Bertz CT molecular complexity index is 464. The molecule has 0 aliphatic heterocycles. The second-order valence-corrected chi connectivity index (χ2v) is 4.10. The molecule has 100 valence electrons. The molecule has 0 aliphatic rings. The zero-order chi connectivity index (χ0) is 13.9. The van der Waals surface area contributed by atoms with E-state index in [2.05, 4.69) is 14.5 Å². The molecule has 18 heavy (non-hydrogen) atoms. The third kappa shape index (κ3) is 3.68. The fourth-order valence-corrected chi connectivity index (χ4v) is 1.62. The quantitative estimate of drug-likeness (QED) is 0.461. The number of hydrogen-bond acceptors (Lipinski definition) is 4. The van der Waals surface area contributed by atoms with E-state index in [1.54, 1.807) is 0 Å². The van der Waals surface area contributed by atoms with Gasteiger partial charge in [0.2, 0.25) is 5.88 Å². The molecule has 1 heterocycles. The summed E-state index contributed by atoms with van der Waals surface area (Å²) < 4.78 is 56.6. The van der Waals surface area contributed by atoms with Gasteiger partial charge in [-0.2, -0.15) is 0 Å². The standard InChI is InChI=1S/C9H6F4INO3/c1-17-8(16)4-2-5(14)7(15-6(4)3-10)18-9(11,12)13/h2H,3H2,1H3. The van der Waals surface area contributed by atoms with Crippen LogP contribution in [-0.2, 0) is 11.4 Å². The third-order valence-corrected chi connectivity index (χ3v) is 2.54. The second kappa shape index (κ2) is 5.67. The maximum atomic E-state index is 12.6.